The number of nitrogens with one attached hydrogen (secondary N) is 6. The third kappa shape index (κ3) is 11.3. The standard InChI is InChI=1S/C56H42F16N8O7/c1-17(84)10-73-53-45(65)37(57)33(38(58)46(53)66)29-21-2-4-23(77-21)30(34-39(59)47(67)54(48(68)40(34)60)74-11-18(85)14-81)25-6-8-27(79-25)32(36-43(63)51(71)56(52(72)44(36)64)76-13-20(87)16-83)28-9-7-26(80-28)31(24-5-3-22(29)78-24)35-41(61)49(69)55(50(70)42(35)62)75-12-19(86)15-82/h2-9,17-20,73-77,80-87H,10-16H2,1H3/t17-,18+,19+,20+/m1/s1. The van der Waals surface area contributed by atoms with Crippen LogP contribution in [0, 0.1) is 93.1 Å². The molecule has 0 aliphatic carbocycles. The minimum absolute atomic E-state index is 0.708. The molecule has 4 aromatic carbocycles. The number of anilines is 4. The molecule has 0 amide bonds. The number of aliphatic hydroxyl groups is 7. The molecule has 0 unspecified atom stereocenters. The Morgan fingerprint density at radius 1 is 0.322 bits per heavy atom. The Kier molecular flexibility index (Phi) is 18.0. The van der Waals surface area contributed by atoms with Crippen LogP contribution in [0.5, 0.6) is 0 Å². The summed E-state index contributed by atoms with van der Waals surface area (Å²) in [6.45, 7) is -5.46. The van der Waals surface area contributed by atoms with E-state index in [4.69, 9.17) is 0 Å². The monoisotopic (exact) mass is 1240 g/mol. The van der Waals surface area contributed by atoms with Crippen LogP contribution >= 0.6 is 0 Å². The second kappa shape index (κ2) is 24.9. The Labute approximate surface area is 477 Å². The van der Waals surface area contributed by atoms with Gasteiger partial charge in [-0.3, -0.25) is 0 Å². The molecule has 4 atom stereocenters. The van der Waals surface area contributed by atoms with Crippen molar-refractivity contribution in [2.45, 2.75) is 31.3 Å². The fourth-order valence-electron chi connectivity index (χ4n) is 9.39. The maximum absolute atomic E-state index is 16.8. The van der Waals surface area contributed by atoms with Gasteiger partial charge < -0.3 is 67.0 Å². The molecule has 8 bridgehead atoms. The van der Waals surface area contributed by atoms with E-state index in [1.54, 1.807) is 0 Å². The lowest BCUT2D eigenvalue weighted by Crippen LogP contribution is -2.24. The molecular formula is C56H42F16N8O7. The van der Waals surface area contributed by atoms with Gasteiger partial charge in [-0.05, 0) is 55.5 Å². The Balaban J connectivity index is 1.51. The minimum Gasteiger partial charge on any atom is -0.394 e. The van der Waals surface area contributed by atoms with E-state index < -0.39 is 276 Å². The van der Waals surface area contributed by atoms with Crippen LogP contribution in [0.3, 0.4) is 0 Å². The predicted octanol–water partition coefficient (Wildman–Crippen LogP) is 9.64. The summed E-state index contributed by atoms with van der Waals surface area (Å²) in [5, 5.41) is 74.8. The Morgan fingerprint density at radius 2 is 0.517 bits per heavy atom. The highest BCUT2D eigenvalue weighted by Crippen LogP contribution is 2.46. The molecule has 0 saturated carbocycles. The molecule has 9 rings (SSSR count). The van der Waals surface area contributed by atoms with E-state index >= 15 is 70.2 Å². The van der Waals surface area contributed by atoms with Crippen molar-refractivity contribution in [2.75, 3.05) is 67.3 Å². The van der Waals surface area contributed by atoms with Crippen molar-refractivity contribution in [1.82, 2.24) is 19.9 Å². The minimum atomic E-state index is -2.31. The Bertz CT molecular complexity index is 3990. The van der Waals surface area contributed by atoms with E-state index in [1.165, 1.54) is 0 Å². The lowest BCUT2D eigenvalue weighted by molar-refractivity contribution is 0.105. The number of benzene rings is 4. The van der Waals surface area contributed by atoms with E-state index in [0.29, 0.717) is 18.2 Å². The van der Waals surface area contributed by atoms with Gasteiger partial charge in [-0.2, -0.15) is 0 Å². The van der Waals surface area contributed by atoms with Crippen molar-refractivity contribution in [3.63, 3.8) is 0 Å². The van der Waals surface area contributed by atoms with E-state index in [-0.39, 0.29) is 0 Å². The third-order valence-corrected chi connectivity index (χ3v) is 13.6. The molecule has 0 saturated heterocycles. The first-order valence-corrected chi connectivity index (χ1v) is 25.4. The van der Waals surface area contributed by atoms with Gasteiger partial charge in [-0.1, -0.05) is 0 Å². The van der Waals surface area contributed by atoms with Crippen molar-refractivity contribution >= 4 is 69.1 Å². The molecule has 0 fully saturated rings. The summed E-state index contributed by atoms with van der Waals surface area (Å²) in [5.74, 6) is -36.1. The predicted molar refractivity (Wildman–Crippen MR) is 285 cm³/mol. The number of nitrogens with zero attached hydrogens (tertiary/aromatic N) is 2. The topological polar surface area (TPSA) is 247 Å². The summed E-state index contributed by atoms with van der Waals surface area (Å²) in [6.07, 6.45) is -3.86. The highest BCUT2D eigenvalue weighted by molar-refractivity contribution is 6.01. The van der Waals surface area contributed by atoms with Gasteiger partial charge in [-0.25, -0.2) is 80.2 Å². The smallest absolute Gasteiger partial charge is 0.185 e. The number of fused-ring (bicyclic) bond motifs is 8. The third-order valence-electron chi connectivity index (χ3n) is 13.6. The van der Waals surface area contributed by atoms with Crippen molar-refractivity contribution in [1.29, 1.82) is 0 Å². The van der Waals surface area contributed by atoms with Gasteiger partial charge in [0.1, 0.15) is 22.7 Å². The van der Waals surface area contributed by atoms with Crippen LogP contribution < -0.4 is 21.3 Å². The fraction of sp³-hybridized carbons (Fsp3) is 0.214. The summed E-state index contributed by atoms with van der Waals surface area (Å²) in [7, 11) is 0. The number of hydrogen-bond donors (Lipinski definition) is 13. The number of aliphatic hydroxyl groups excluding tert-OH is 7. The van der Waals surface area contributed by atoms with E-state index in [0.717, 1.165) is 37.3 Å². The fourth-order valence-corrected chi connectivity index (χ4v) is 9.39. The van der Waals surface area contributed by atoms with Crippen LogP contribution in [0.1, 0.15) is 29.7 Å². The van der Waals surface area contributed by atoms with Crippen LogP contribution in [-0.2, 0) is 0 Å². The summed E-state index contributed by atoms with van der Waals surface area (Å²) in [5.41, 5.74) is -24.9. The maximum atomic E-state index is 16.8. The van der Waals surface area contributed by atoms with Gasteiger partial charge >= 0.3 is 0 Å². The second-order valence-electron chi connectivity index (χ2n) is 19.4. The highest BCUT2D eigenvalue weighted by Gasteiger charge is 2.36. The molecule has 7 aromatic rings. The normalized spacial score (nSPS) is 13.6. The molecule has 0 spiro atoms. The van der Waals surface area contributed by atoms with Crippen molar-refractivity contribution in [3.05, 3.63) is 140 Å². The van der Waals surface area contributed by atoms with Crippen LogP contribution in [0.25, 0.3) is 90.9 Å². The van der Waals surface area contributed by atoms with E-state index in [2.05, 4.69) is 19.9 Å². The molecule has 31 heteroatoms. The number of aromatic amines is 2. The van der Waals surface area contributed by atoms with Crippen molar-refractivity contribution < 1.29 is 106 Å². The first kappa shape index (κ1) is 62.8. The van der Waals surface area contributed by atoms with Gasteiger partial charge in [0.15, 0.2) is 93.1 Å². The summed E-state index contributed by atoms with van der Waals surface area (Å²) in [4.78, 5) is 13.2. The number of rotatable bonds is 19. The second-order valence-corrected chi connectivity index (χ2v) is 19.4. The molecule has 5 heterocycles. The molecule has 460 valence electrons. The molecule has 87 heavy (non-hydrogen) atoms. The number of hydrogen-bond acceptors (Lipinski definition) is 13. The molecule has 2 aliphatic rings. The van der Waals surface area contributed by atoms with Gasteiger partial charge in [0.05, 0.1) is 89.3 Å². The Hall–Kier alpha value is -8.72. The zero-order chi connectivity index (χ0) is 63.4. The van der Waals surface area contributed by atoms with Gasteiger partial charge in [0.2, 0.25) is 0 Å². The highest BCUT2D eigenvalue weighted by atomic mass is 19.2. The summed E-state index contributed by atoms with van der Waals surface area (Å²) >= 11 is 0. The lowest BCUT2D eigenvalue weighted by Gasteiger charge is -2.16. The summed E-state index contributed by atoms with van der Waals surface area (Å²) < 4.78 is 264. The average molecular weight is 1240 g/mol. The van der Waals surface area contributed by atoms with Crippen LogP contribution in [0.2, 0.25) is 0 Å². The number of H-pyrrole nitrogens is 2. The van der Waals surface area contributed by atoms with Crippen LogP contribution in [-0.4, -0.2) is 126 Å². The van der Waals surface area contributed by atoms with Gasteiger partial charge in [0, 0.05) is 70.5 Å². The molecular weight excluding hydrogens is 1200 g/mol. The van der Waals surface area contributed by atoms with E-state index in [1.807, 2.05) is 21.3 Å². The van der Waals surface area contributed by atoms with Crippen LogP contribution in [0.4, 0.5) is 93.0 Å². The quantitative estimate of drug-likeness (QED) is 0.0267. The molecule has 2 aliphatic heterocycles. The first-order valence-electron chi connectivity index (χ1n) is 25.4. The van der Waals surface area contributed by atoms with Crippen molar-refractivity contribution in [2.24, 2.45) is 0 Å². The van der Waals surface area contributed by atoms with Gasteiger partial charge in [-0.15, -0.1) is 0 Å². The lowest BCUT2D eigenvalue weighted by atomic mass is 10.0. The maximum Gasteiger partial charge on any atom is 0.185 e. The van der Waals surface area contributed by atoms with Gasteiger partial charge in [0.25, 0.3) is 0 Å². The average Bonchev–Trinajstić information content (AvgIpc) is 2.30. The number of halogens is 16. The first-order chi connectivity index (χ1) is 41.3. The molecule has 3 aromatic heterocycles. The Morgan fingerprint density at radius 3 is 0.701 bits per heavy atom. The summed E-state index contributed by atoms with van der Waals surface area (Å²) in [6, 6.07) is 2.97. The molecule has 0 radical (unpaired) electrons. The van der Waals surface area contributed by atoms with Crippen LogP contribution in [0.15, 0.2) is 24.3 Å². The number of aromatic nitrogens is 4. The molecule has 13 N–H and O–H groups in total. The van der Waals surface area contributed by atoms with E-state index in [9.17, 15) is 35.7 Å². The zero-order valence-corrected chi connectivity index (χ0v) is 44.0. The van der Waals surface area contributed by atoms with Crippen molar-refractivity contribution in [3.8, 4) is 44.5 Å². The largest absolute Gasteiger partial charge is 0.394 e. The molecule has 15 nitrogen and oxygen atoms in total. The SMILES string of the molecule is C[C@@H](O)CNc1c(F)c(F)c(-c2c3nc(c(-c4c(F)c(F)c(NC[C@H](O)CO)c(F)c4F)c4ccc([nH]4)c(-c4c(F)c(F)c(NC[C@H](O)CO)c(F)c4F)c4nc(c(-c5c(F)c(F)c(NC[C@H](O)CO)c(F)c5F)c5ccc2[nH]5)C=C4)C=C3)c(F)c1F. The zero-order valence-electron chi connectivity index (χ0n) is 44.0.